The van der Waals surface area contributed by atoms with Gasteiger partial charge in [0.15, 0.2) is 0 Å². The molecule has 3 N–H and O–H groups in total. The number of aromatic amines is 1. The molecule has 1 saturated carbocycles. The van der Waals surface area contributed by atoms with E-state index in [1.807, 2.05) is 0 Å². The van der Waals surface area contributed by atoms with Gasteiger partial charge in [-0.2, -0.15) is 0 Å². The highest BCUT2D eigenvalue weighted by Gasteiger charge is 2.35. The van der Waals surface area contributed by atoms with Gasteiger partial charge < -0.3 is 15.4 Å². The number of hydrogen-bond acceptors (Lipinski definition) is 2. The smallest absolute Gasteiger partial charge is 0.0771 e. The topological polar surface area (TPSA) is 48.0 Å². The number of aryl methyl sites for hydroxylation is 2. The van der Waals surface area contributed by atoms with Crippen molar-refractivity contribution in [3.05, 3.63) is 35.0 Å². The Hall–Kier alpha value is -1.32. The standard InChI is InChI=1S/C18H24N2O/c1-12-3-5-16-14(9-12)15-10-13(4-6-17(15)20-16)19-11-18(21)7-2-8-18/h3,5,9,13,19-21H,2,4,6-8,10-11H2,1H3. The Morgan fingerprint density at radius 3 is 3.00 bits per heavy atom. The summed E-state index contributed by atoms with van der Waals surface area (Å²) in [7, 11) is 0. The van der Waals surface area contributed by atoms with Gasteiger partial charge in [-0.1, -0.05) is 11.6 Å². The van der Waals surface area contributed by atoms with Gasteiger partial charge in [-0.15, -0.1) is 0 Å². The van der Waals surface area contributed by atoms with Crippen molar-refractivity contribution < 1.29 is 5.11 Å². The van der Waals surface area contributed by atoms with Gasteiger partial charge in [0, 0.05) is 29.2 Å². The molecule has 1 atom stereocenters. The van der Waals surface area contributed by atoms with Gasteiger partial charge in [-0.3, -0.25) is 0 Å². The van der Waals surface area contributed by atoms with E-state index < -0.39 is 5.60 Å². The molecule has 112 valence electrons. The number of rotatable bonds is 3. The average Bonchev–Trinajstić information content (AvgIpc) is 2.80. The molecule has 2 aliphatic carbocycles. The fourth-order valence-electron chi connectivity index (χ4n) is 3.80. The molecule has 2 aliphatic rings. The normalized spacial score (nSPS) is 23.8. The van der Waals surface area contributed by atoms with Crippen LogP contribution in [0.5, 0.6) is 0 Å². The second kappa shape index (κ2) is 4.85. The maximum Gasteiger partial charge on any atom is 0.0771 e. The summed E-state index contributed by atoms with van der Waals surface area (Å²) in [6, 6.07) is 7.17. The first-order chi connectivity index (χ1) is 10.1. The van der Waals surface area contributed by atoms with Crippen molar-refractivity contribution in [3.63, 3.8) is 0 Å². The number of aliphatic hydroxyl groups is 1. The minimum Gasteiger partial charge on any atom is -0.389 e. The summed E-state index contributed by atoms with van der Waals surface area (Å²) in [4.78, 5) is 3.58. The fourth-order valence-corrected chi connectivity index (χ4v) is 3.80. The molecule has 1 unspecified atom stereocenters. The lowest BCUT2D eigenvalue weighted by molar-refractivity contribution is -0.0334. The first-order valence-corrected chi connectivity index (χ1v) is 8.19. The zero-order chi connectivity index (χ0) is 14.4. The lowest BCUT2D eigenvalue weighted by Crippen LogP contribution is -2.49. The molecule has 3 heteroatoms. The average molecular weight is 284 g/mol. The van der Waals surface area contributed by atoms with E-state index >= 15 is 0 Å². The predicted molar refractivity (Wildman–Crippen MR) is 85.7 cm³/mol. The molecular formula is C18H24N2O. The Bertz CT molecular complexity index is 669. The maximum atomic E-state index is 10.2. The molecule has 4 rings (SSSR count). The van der Waals surface area contributed by atoms with Crippen LogP contribution in [-0.4, -0.2) is 28.3 Å². The van der Waals surface area contributed by atoms with Crippen molar-refractivity contribution in [1.29, 1.82) is 0 Å². The molecule has 1 fully saturated rings. The molecule has 0 amide bonds. The summed E-state index contributed by atoms with van der Waals surface area (Å²) in [5, 5.41) is 15.2. The van der Waals surface area contributed by atoms with Gasteiger partial charge in [-0.25, -0.2) is 0 Å². The third-order valence-corrected chi connectivity index (χ3v) is 5.35. The van der Waals surface area contributed by atoms with Crippen LogP contribution in [0.3, 0.4) is 0 Å². The monoisotopic (exact) mass is 284 g/mol. The SMILES string of the molecule is Cc1ccc2[nH]c3c(c2c1)CC(NCC1(O)CCC1)CC3. The van der Waals surface area contributed by atoms with Crippen molar-refractivity contribution in [2.45, 2.75) is 57.1 Å². The van der Waals surface area contributed by atoms with Gasteiger partial charge in [0.25, 0.3) is 0 Å². The predicted octanol–water partition coefficient (Wildman–Crippen LogP) is 2.84. The van der Waals surface area contributed by atoms with Crippen LogP contribution in [-0.2, 0) is 12.8 Å². The molecule has 1 aromatic carbocycles. The summed E-state index contributed by atoms with van der Waals surface area (Å²) in [6.45, 7) is 2.91. The van der Waals surface area contributed by atoms with Gasteiger partial charge in [-0.05, 0) is 63.1 Å². The Labute approximate surface area is 125 Å². The lowest BCUT2D eigenvalue weighted by Gasteiger charge is -2.38. The van der Waals surface area contributed by atoms with Crippen molar-refractivity contribution in [2.75, 3.05) is 6.54 Å². The number of benzene rings is 1. The Kier molecular flexibility index (Phi) is 3.09. The second-order valence-corrected chi connectivity index (χ2v) is 7.03. The first kappa shape index (κ1) is 13.4. The van der Waals surface area contributed by atoms with Gasteiger partial charge in [0.05, 0.1) is 5.60 Å². The van der Waals surface area contributed by atoms with E-state index in [1.54, 1.807) is 0 Å². The first-order valence-electron chi connectivity index (χ1n) is 8.19. The van der Waals surface area contributed by atoms with E-state index in [0.29, 0.717) is 6.04 Å². The Morgan fingerprint density at radius 1 is 1.38 bits per heavy atom. The number of fused-ring (bicyclic) bond motifs is 3. The van der Waals surface area contributed by atoms with Crippen LogP contribution in [0.15, 0.2) is 18.2 Å². The molecule has 0 spiro atoms. The third-order valence-electron chi connectivity index (χ3n) is 5.35. The highest BCUT2D eigenvalue weighted by Crippen LogP contribution is 2.32. The fraction of sp³-hybridized carbons (Fsp3) is 0.556. The summed E-state index contributed by atoms with van der Waals surface area (Å²) in [5.74, 6) is 0. The van der Waals surface area contributed by atoms with Crippen LogP contribution in [0, 0.1) is 6.92 Å². The van der Waals surface area contributed by atoms with E-state index in [2.05, 4.69) is 35.4 Å². The van der Waals surface area contributed by atoms with E-state index in [1.165, 1.54) is 34.1 Å². The number of hydrogen-bond donors (Lipinski definition) is 3. The molecule has 0 saturated heterocycles. The quantitative estimate of drug-likeness (QED) is 0.811. The lowest BCUT2D eigenvalue weighted by atomic mass is 9.80. The highest BCUT2D eigenvalue weighted by atomic mass is 16.3. The van der Waals surface area contributed by atoms with E-state index in [-0.39, 0.29) is 0 Å². The second-order valence-electron chi connectivity index (χ2n) is 7.03. The zero-order valence-corrected chi connectivity index (χ0v) is 12.7. The molecule has 2 aromatic rings. The molecule has 3 nitrogen and oxygen atoms in total. The summed E-state index contributed by atoms with van der Waals surface area (Å²) >= 11 is 0. The molecule has 1 heterocycles. The number of H-pyrrole nitrogens is 1. The van der Waals surface area contributed by atoms with Gasteiger partial charge >= 0.3 is 0 Å². The van der Waals surface area contributed by atoms with Crippen LogP contribution < -0.4 is 5.32 Å². The highest BCUT2D eigenvalue weighted by molar-refractivity contribution is 5.85. The van der Waals surface area contributed by atoms with E-state index in [0.717, 1.165) is 38.6 Å². The number of aromatic nitrogens is 1. The zero-order valence-electron chi connectivity index (χ0n) is 12.7. The molecule has 0 radical (unpaired) electrons. The van der Waals surface area contributed by atoms with Crippen molar-refractivity contribution in [1.82, 2.24) is 10.3 Å². The molecule has 21 heavy (non-hydrogen) atoms. The minimum atomic E-state index is -0.420. The summed E-state index contributed by atoms with van der Waals surface area (Å²) < 4.78 is 0. The summed E-state index contributed by atoms with van der Waals surface area (Å²) in [5.41, 5.74) is 5.07. The van der Waals surface area contributed by atoms with E-state index in [4.69, 9.17) is 0 Å². The van der Waals surface area contributed by atoms with Crippen LogP contribution in [0.25, 0.3) is 10.9 Å². The van der Waals surface area contributed by atoms with Crippen LogP contribution >= 0.6 is 0 Å². The largest absolute Gasteiger partial charge is 0.389 e. The van der Waals surface area contributed by atoms with Crippen molar-refractivity contribution >= 4 is 10.9 Å². The molecule has 1 aromatic heterocycles. The van der Waals surface area contributed by atoms with E-state index in [9.17, 15) is 5.11 Å². The van der Waals surface area contributed by atoms with Crippen LogP contribution in [0.2, 0.25) is 0 Å². The Morgan fingerprint density at radius 2 is 2.24 bits per heavy atom. The molecular weight excluding hydrogens is 260 g/mol. The number of nitrogens with one attached hydrogen (secondary N) is 2. The van der Waals surface area contributed by atoms with Gasteiger partial charge in [0.2, 0.25) is 0 Å². The maximum absolute atomic E-state index is 10.2. The third kappa shape index (κ3) is 2.39. The minimum absolute atomic E-state index is 0.420. The van der Waals surface area contributed by atoms with Gasteiger partial charge in [0.1, 0.15) is 0 Å². The van der Waals surface area contributed by atoms with Crippen molar-refractivity contribution in [2.24, 2.45) is 0 Å². The Balaban J connectivity index is 1.53. The van der Waals surface area contributed by atoms with Crippen LogP contribution in [0.1, 0.15) is 42.5 Å². The summed E-state index contributed by atoms with van der Waals surface area (Å²) in [6.07, 6.45) is 6.45. The van der Waals surface area contributed by atoms with Crippen molar-refractivity contribution in [3.8, 4) is 0 Å². The molecule has 0 aliphatic heterocycles. The molecule has 0 bridgehead atoms. The van der Waals surface area contributed by atoms with Crippen LogP contribution in [0.4, 0.5) is 0 Å².